The Morgan fingerprint density at radius 1 is 1.32 bits per heavy atom. The molecule has 0 heterocycles. The molecule has 0 spiro atoms. The molecule has 3 nitrogen and oxygen atoms in total. The van der Waals surface area contributed by atoms with Crippen molar-refractivity contribution in [2.24, 2.45) is 0 Å². The van der Waals surface area contributed by atoms with E-state index in [0.29, 0.717) is 5.70 Å². The molecular formula is C13H21F3N2O. The van der Waals surface area contributed by atoms with E-state index in [2.05, 4.69) is 18.5 Å². The standard InChI is InChI=1S/C11H15F3N2O.C2H6/c1-4-6-8(5-2)16-10(17)7-9(15-3)11(12,13)14;1-2/h4-6,9,15H,1-2,7H2,3H3,(H,16,17);1-2H3/b8-6+;. The summed E-state index contributed by atoms with van der Waals surface area (Å²) in [5, 5.41) is 4.34. The van der Waals surface area contributed by atoms with Crippen LogP contribution in [0.1, 0.15) is 20.3 Å². The van der Waals surface area contributed by atoms with Crippen LogP contribution in [0.15, 0.2) is 37.1 Å². The Hall–Kier alpha value is -1.56. The molecule has 1 atom stereocenters. The molecule has 0 aromatic heterocycles. The Kier molecular flexibility index (Phi) is 10.8. The Morgan fingerprint density at radius 2 is 1.84 bits per heavy atom. The molecule has 0 aliphatic rings. The second-order valence-electron chi connectivity index (χ2n) is 3.20. The topological polar surface area (TPSA) is 41.1 Å². The summed E-state index contributed by atoms with van der Waals surface area (Å²) in [7, 11) is 1.15. The summed E-state index contributed by atoms with van der Waals surface area (Å²) in [5.41, 5.74) is 0.307. The third kappa shape index (κ3) is 9.07. The van der Waals surface area contributed by atoms with Crippen LogP contribution in [0.4, 0.5) is 13.2 Å². The first-order valence-electron chi connectivity index (χ1n) is 5.84. The van der Waals surface area contributed by atoms with E-state index in [1.807, 2.05) is 19.2 Å². The SMILES string of the molecule is C=C/C=C(\C=C)NC(=O)CC(NC)C(F)(F)F.CC. The molecule has 1 unspecified atom stereocenters. The molecule has 0 rings (SSSR count). The number of alkyl halides is 3. The number of rotatable bonds is 6. The predicted octanol–water partition coefficient (Wildman–Crippen LogP) is 2.93. The molecule has 0 saturated heterocycles. The van der Waals surface area contributed by atoms with Crippen LogP contribution in [0, 0.1) is 0 Å². The summed E-state index contributed by atoms with van der Waals surface area (Å²) in [5.74, 6) is -0.741. The van der Waals surface area contributed by atoms with E-state index < -0.39 is 24.5 Å². The third-order valence-electron chi connectivity index (χ3n) is 1.93. The molecular weight excluding hydrogens is 257 g/mol. The highest BCUT2D eigenvalue weighted by Crippen LogP contribution is 2.22. The van der Waals surface area contributed by atoms with Crippen molar-refractivity contribution < 1.29 is 18.0 Å². The molecule has 2 N–H and O–H groups in total. The van der Waals surface area contributed by atoms with Crippen LogP contribution in [0.3, 0.4) is 0 Å². The number of hydrogen-bond acceptors (Lipinski definition) is 2. The fourth-order valence-corrected chi connectivity index (χ4v) is 1.07. The lowest BCUT2D eigenvalue weighted by molar-refractivity contribution is -0.160. The average Bonchev–Trinajstić information content (AvgIpc) is 2.36. The first-order valence-corrected chi connectivity index (χ1v) is 5.84. The van der Waals surface area contributed by atoms with Gasteiger partial charge in [-0.1, -0.05) is 33.1 Å². The summed E-state index contributed by atoms with van der Waals surface area (Å²) in [6.07, 6.45) is -0.990. The zero-order valence-electron chi connectivity index (χ0n) is 11.5. The maximum absolute atomic E-state index is 12.4. The van der Waals surface area contributed by atoms with Gasteiger partial charge in [-0.2, -0.15) is 13.2 Å². The van der Waals surface area contributed by atoms with E-state index in [1.54, 1.807) is 0 Å². The minimum atomic E-state index is -4.46. The zero-order chi connectivity index (χ0) is 15.5. The van der Waals surface area contributed by atoms with E-state index in [4.69, 9.17) is 0 Å². The number of carbonyl (C=O) groups excluding carboxylic acids is 1. The van der Waals surface area contributed by atoms with Crippen molar-refractivity contribution in [1.82, 2.24) is 10.6 Å². The smallest absolute Gasteiger partial charge is 0.326 e. The fourth-order valence-electron chi connectivity index (χ4n) is 1.07. The van der Waals surface area contributed by atoms with E-state index >= 15 is 0 Å². The molecule has 0 aliphatic carbocycles. The molecule has 6 heteroatoms. The first kappa shape index (κ1) is 19.8. The van der Waals surface area contributed by atoms with Crippen molar-refractivity contribution in [3.63, 3.8) is 0 Å². The normalized spacial score (nSPS) is 12.8. The Bertz CT molecular complexity index is 322. The zero-order valence-corrected chi connectivity index (χ0v) is 11.5. The molecule has 0 aromatic rings. The van der Waals surface area contributed by atoms with Crippen LogP contribution in [-0.2, 0) is 4.79 Å². The van der Waals surface area contributed by atoms with Gasteiger partial charge in [-0.3, -0.25) is 4.79 Å². The highest BCUT2D eigenvalue weighted by atomic mass is 19.4. The third-order valence-corrected chi connectivity index (χ3v) is 1.93. The molecule has 0 aromatic carbocycles. The van der Waals surface area contributed by atoms with E-state index in [-0.39, 0.29) is 0 Å². The number of allylic oxidation sites excluding steroid dienone is 3. The van der Waals surface area contributed by atoms with Crippen LogP contribution in [0.5, 0.6) is 0 Å². The van der Waals surface area contributed by atoms with Crippen molar-refractivity contribution in [3.05, 3.63) is 37.1 Å². The summed E-state index contributed by atoms with van der Waals surface area (Å²) < 4.78 is 37.1. The Balaban J connectivity index is 0. The maximum atomic E-state index is 12.4. The Labute approximate surface area is 112 Å². The number of nitrogens with one attached hydrogen (secondary N) is 2. The van der Waals surface area contributed by atoms with Gasteiger partial charge in [0, 0.05) is 5.70 Å². The lowest BCUT2D eigenvalue weighted by Crippen LogP contribution is -2.43. The van der Waals surface area contributed by atoms with E-state index in [0.717, 1.165) is 7.05 Å². The van der Waals surface area contributed by atoms with Crippen molar-refractivity contribution in [3.8, 4) is 0 Å². The van der Waals surface area contributed by atoms with E-state index in [1.165, 1.54) is 18.2 Å². The number of hydrogen-bond donors (Lipinski definition) is 2. The van der Waals surface area contributed by atoms with Gasteiger partial charge >= 0.3 is 6.18 Å². The highest BCUT2D eigenvalue weighted by molar-refractivity contribution is 5.79. The van der Waals surface area contributed by atoms with Gasteiger partial charge in [0.2, 0.25) is 5.91 Å². The van der Waals surface area contributed by atoms with E-state index in [9.17, 15) is 18.0 Å². The van der Waals surface area contributed by atoms with Gasteiger partial charge in [0.25, 0.3) is 0 Å². The van der Waals surface area contributed by atoms with Gasteiger partial charge < -0.3 is 10.6 Å². The van der Waals surface area contributed by atoms with Crippen LogP contribution in [0.25, 0.3) is 0 Å². The predicted molar refractivity (Wildman–Crippen MR) is 71.5 cm³/mol. The van der Waals surface area contributed by atoms with Gasteiger partial charge in [0.05, 0.1) is 6.42 Å². The van der Waals surface area contributed by atoms with Gasteiger partial charge in [0.1, 0.15) is 6.04 Å². The minimum Gasteiger partial charge on any atom is -0.326 e. The average molecular weight is 278 g/mol. The molecule has 0 saturated carbocycles. The second-order valence-corrected chi connectivity index (χ2v) is 3.20. The summed E-state index contributed by atoms with van der Waals surface area (Å²) in [6.45, 7) is 10.8. The molecule has 1 amide bonds. The highest BCUT2D eigenvalue weighted by Gasteiger charge is 2.39. The van der Waals surface area contributed by atoms with Crippen molar-refractivity contribution in [2.45, 2.75) is 32.5 Å². The largest absolute Gasteiger partial charge is 0.404 e. The summed E-state index contributed by atoms with van der Waals surface area (Å²) in [6, 6.07) is -1.86. The lowest BCUT2D eigenvalue weighted by Gasteiger charge is -2.19. The van der Waals surface area contributed by atoms with Crippen molar-refractivity contribution >= 4 is 5.91 Å². The van der Waals surface area contributed by atoms with Gasteiger partial charge in [-0.15, -0.1) is 0 Å². The van der Waals surface area contributed by atoms with Gasteiger partial charge in [-0.25, -0.2) is 0 Å². The first-order chi connectivity index (χ1) is 8.85. The number of halogens is 3. The van der Waals surface area contributed by atoms with Crippen LogP contribution in [-0.4, -0.2) is 25.2 Å². The molecule has 0 radical (unpaired) electrons. The van der Waals surface area contributed by atoms with Crippen LogP contribution in [0.2, 0.25) is 0 Å². The summed E-state index contributed by atoms with van der Waals surface area (Å²) in [4.78, 5) is 11.3. The molecule has 0 bridgehead atoms. The van der Waals surface area contributed by atoms with Crippen molar-refractivity contribution in [2.75, 3.05) is 7.05 Å². The van der Waals surface area contributed by atoms with Gasteiger partial charge in [-0.05, 0) is 19.2 Å². The quantitative estimate of drug-likeness (QED) is 0.733. The van der Waals surface area contributed by atoms with Crippen LogP contribution < -0.4 is 10.6 Å². The number of amides is 1. The second kappa shape index (κ2) is 10.4. The van der Waals surface area contributed by atoms with Gasteiger partial charge in [0.15, 0.2) is 0 Å². The Morgan fingerprint density at radius 3 is 2.16 bits per heavy atom. The lowest BCUT2D eigenvalue weighted by atomic mass is 10.2. The van der Waals surface area contributed by atoms with Crippen LogP contribution >= 0.6 is 0 Å². The molecule has 0 fully saturated rings. The fraction of sp³-hybridized carbons (Fsp3) is 0.462. The monoisotopic (exact) mass is 278 g/mol. The molecule has 0 aliphatic heterocycles. The van der Waals surface area contributed by atoms with Crippen molar-refractivity contribution in [1.29, 1.82) is 0 Å². The number of carbonyl (C=O) groups is 1. The minimum absolute atomic E-state index is 0.307. The maximum Gasteiger partial charge on any atom is 0.404 e. The summed E-state index contributed by atoms with van der Waals surface area (Å²) >= 11 is 0. The molecule has 110 valence electrons. The molecule has 19 heavy (non-hydrogen) atoms.